The second kappa shape index (κ2) is 47.7. The number of carbonyl (C=O) groups excluding carboxylic acids is 1. The summed E-state index contributed by atoms with van der Waals surface area (Å²) in [7, 11) is 0. The van der Waals surface area contributed by atoms with Gasteiger partial charge in [-0.1, -0.05) is 242 Å². The van der Waals surface area contributed by atoms with Crippen LogP contribution in [-0.4, -0.2) is 34.9 Å². The first-order chi connectivity index (χ1) is 27.7. The molecule has 0 aliphatic heterocycles. The minimum Gasteiger partial charge on any atom is -0.394 e. The Balaban J connectivity index is 3.41. The standard InChI is InChI=1S/C52H97NO3/c1-3-5-7-9-11-13-14-15-16-17-18-19-20-21-22-23-24-25-26-27-28-29-30-31-32-33-34-35-36-37-38-40-42-44-46-48-52(56)53-50(49-54)51(55)47-45-43-41-39-12-10-8-6-4-2/h14-15,17-18,20-21,45,47,50-51,54-55H,3-13,16,19,22-44,46,48-49H2,1-2H3,(H,53,56)/b15-14-,18-17-,21-20-,47-45+. The van der Waals surface area contributed by atoms with Crippen LogP contribution in [0.4, 0.5) is 0 Å². The van der Waals surface area contributed by atoms with Crippen molar-refractivity contribution in [3.8, 4) is 0 Å². The van der Waals surface area contributed by atoms with Crippen molar-refractivity contribution in [3.63, 3.8) is 0 Å². The van der Waals surface area contributed by atoms with Gasteiger partial charge in [0.25, 0.3) is 0 Å². The van der Waals surface area contributed by atoms with E-state index < -0.39 is 12.1 Å². The minimum absolute atomic E-state index is 0.0646. The van der Waals surface area contributed by atoms with Crippen LogP contribution >= 0.6 is 0 Å². The monoisotopic (exact) mass is 784 g/mol. The Morgan fingerprint density at radius 1 is 0.429 bits per heavy atom. The van der Waals surface area contributed by atoms with Gasteiger partial charge in [0, 0.05) is 6.42 Å². The molecule has 4 heteroatoms. The van der Waals surface area contributed by atoms with Gasteiger partial charge in [-0.2, -0.15) is 0 Å². The lowest BCUT2D eigenvalue weighted by Crippen LogP contribution is -2.45. The molecule has 0 saturated carbocycles. The fourth-order valence-electron chi connectivity index (χ4n) is 7.48. The number of aliphatic hydroxyl groups is 2. The summed E-state index contributed by atoms with van der Waals surface area (Å²) in [5, 5.41) is 22.9. The molecule has 0 aromatic carbocycles. The van der Waals surface area contributed by atoms with E-state index in [0.29, 0.717) is 6.42 Å². The molecule has 0 fully saturated rings. The van der Waals surface area contributed by atoms with Gasteiger partial charge in [-0.05, 0) is 57.8 Å². The van der Waals surface area contributed by atoms with Crippen molar-refractivity contribution in [1.29, 1.82) is 0 Å². The van der Waals surface area contributed by atoms with Crippen LogP contribution in [0.3, 0.4) is 0 Å². The zero-order valence-electron chi connectivity index (χ0n) is 37.7. The lowest BCUT2D eigenvalue weighted by atomic mass is 10.0. The summed E-state index contributed by atoms with van der Waals surface area (Å²) in [4.78, 5) is 12.4. The lowest BCUT2D eigenvalue weighted by Gasteiger charge is -2.20. The van der Waals surface area contributed by atoms with Gasteiger partial charge in [0.1, 0.15) is 0 Å². The van der Waals surface area contributed by atoms with E-state index in [1.807, 2.05) is 6.08 Å². The zero-order valence-corrected chi connectivity index (χ0v) is 37.7. The summed E-state index contributed by atoms with van der Waals surface area (Å²) < 4.78 is 0. The summed E-state index contributed by atoms with van der Waals surface area (Å²) in [5.41, 5.74) is 0. The molecule has 0 aliphatic carbocycles. The minimum atomic E-state index is -0.835. The Labute approximate surface area is 350 Å². The third kappa shape index (κ3) is 43.5. The Kier molecular flexibility index (Phi) is 46.3. The van der Waals surface area contributed by atoms with Crippen LogP contribution in [0.15, 0.2) is 48.6 Å². The number of rotatable bonds is 45. The fourth-order valence-corrected chi connectivity index (χ4v) is 7.48. The predicted molar refractivity (Wildman–Crippen MR) is 248 cm³/mol. The van der Waals surface area contributed by atoms with Crippen molar-refractivity contribution in [2.45, 2.75) is 270 Å². The van der Waals surface area contributed by atoms with Crippen LogP contribution in [0.5, 0.6) is 0 Å². The second-order valence-corrected chi connectivity index (χ2v) is 16.9. The summed E-state index contributed by atoms with van der Waals surface area (Å²) >= 11 is 0. The maximum atomic E-state index is 12.4. The third-order valence-corrected chi connectivity index (χ3v) is 11.3. The molecule has 0 spiro atoms. The lowest BCUT2D eigenvalue weighted by molar-refractivity contribution is -0.123. The second-order valence-electron chi connectivity index (χ2n) is 16.9. The van der Waals surface area contributed by atoms with Crippen LogP contribution < -0.4 is 5.32 Å². The van der Waals surface area contributed by atoms with E-state index in [1.54, 1.807) is 6.08 Å². The van der Waals surface area contributed by atoms with Crippen LogP contribution in [0.25, 0.3) is 0 Å². The first-order valence-electron chi connectivity index (χ1n) is 24.9. The van der Waals surface area contributed by atoms with Crippen molar-refractivity contribution in [1.82, 2.24) is 5.32 Å². The summed E-state index contributed by atoms with van der Waals surface area (Å²) in [6.07, 6.45) is 65.5. The van der Waals surface area contributed by atoms with E-state index in [0.717, 1.165) is 38.5 Å². The highest BCUT2D eigenvalue weighted by atomic mass is 16.3. The van der Waals surface area contributed by atoms with Gasteiger partial charge < -0.3 is 15.5 Å². The summed E-state index contributed by atoms with van der Waals surface area (Å²) in [6.45, 7) is 4.27. The summed E-state index contributed by atoms with van der Waals surface area (Å²) in [6, 6.07) is -0.619. The molecule has 0 aliphatic rings. The SMILES string of the molecule is CCCCCCC/C=C\C/C=C\C/C=C\CCCCCCCCCCCCCCCCCCCCCCC(=O)NC(CO)C(O)/C=C/CCCCCCCCC. The average Bonchev–Trinajstić information content (AvgIpc) is 3.20. The third-order valence-electron chi connectivity index (χ3n) is 11.3. The first kappa shape index (κ1) is 54.3. The molecule has 0 aromatic rings. The van der Waals surface area contributed by atoms with Crippen molar-refractivity contribution >= 4 is 5.91 Å². The van der Waals surface area contributed by atoms with Crippen LogP contribution in [0, 0.1) is 0 Å². The topological polar surface area (TPSA) is 69.6 Å². The van der Waals surface area contributed by atoms with Gasteiger partial charge in [0.2, 0.25) is 5.91 Å². The molecule has 0 saturated heterocycles. The molecule has 0 rings (SSSR count). The number of hydrogen-bond donors (Lipinski definition) is 3. The van der Waals surface area contributed by atoms with Gasteiger partial charge in [0.15, 0.2) is 0 Å². The van der Waals surface area contributed by atoms with Crippen molar-refractivity contribution in [2.24, 2.45) is 0 Å². The number of nitrogens with one attached hydrogen (secondary N) is 1. The summed E-state index contributed by atoms with van der Waals surface area (Å²) in [5.74, 6) is -0.0646. The highest BCUT2D eigenvalue weighted by Gasteiger charge is 2.18. The van der Waals surface area contributed by atoms with E-state index >= 15 is 0 Å². The molecule has 3 N–H and O–H groups in total. The highest BCUT2D eigenvalue weighted by molar-refractivity contribution is 5.76. The van der Waals surface area contributed by atoms with E-state index in [9.17, 15) is 15.0 Å². The van der Waals surface area contributed by atoms with Crippen LogP contribution in [0.1, 0.15) is 258 Å². The smallest absolute Gasteiger partial charge is 0.220 e. The first-order valence-corrected chi connectivity index (χ1v) is 24.9. The number of aliphatic hydroxyl groups excluding tert-OH is 2. The van der Waals surface area contributed by atoms with E-state index in [-0.39, 0.29) is 12.5 Å². The van der Waals surface area contributed by atoms with Gasteiger partial charge in [-0.3, -0.25) is 4.79 Å². The molecular weight excluding hydrogens is 687 g/mol. The van der Waals surface area contributed by atoms with Crippen LogP contribution in [-0.2, 0) is 4.79 Å². The van der Waals surface area contributed by atoms with Crippen LogP contribution in [0.2, 0.25) is 0 Å². The molecule has 56 heavy (non-hydrogen) atoms. The van der Waals surface area contributed by atoms with E-state index in [2.05, 4.69) is 55.6 Å². The van der Waals surface area contributed by atoms with Crippen molar-refractivity contribution in [3.05, 3.63) is 48.6 Å². The maximum absolute atomic E-state index is 12.4. The van der Waals surface area contributed by atoms with E-state index in [4.69, 9.17) is 0 Å². The quantitative estimate of drug-likeness (QED) is 0.0425. The molecule has 0 bridgehead atoms. The molecule has 1 amide bonds. The number of carbonyl (C=O) groups is 1. The molecule has 2 unspecified atom stereocenters. The van der Waals surface area contributed by atoms with Crippen molar-refractivity contribution < 1.29 is 15.0 Å². The zero-order chi connectivity index (χ0) is 40.7. The largest absolute Gasteiger partial charge is 0.394 e. The van der Waals surface area contributed by atoms with Gasteiger partial charge in [-0.15, -0.1) is 0 Å². The maximum Gasteiger partial charge on any atom is 0.220 e. The molecule has 0 radical (unpaired) electrons. The van der Waals surface area contributed by atoms with Gasteiger partial charge >= 0.3 is 0 Å². The number of hydrogen-bond acceptors (Lipinski definition) is 3. The molecular formula is C52H97NO3. The molecule has 4 nitrogen and oxygen atoms in total. The average molecular weight is 784 g/mol. The fraction of sp³-hybridized carbons (Fsp3) is 0.827. The Morgan fingerprint density at radius 3 is 1.09 bits per heavy atom. The molecule has 0 aromatic heterocycles. The number of unbranched alkanes of at least 4 members (excludes halogenated alkanes) is 32. The number of allylic oxidation sites excluding steroid dienone is 7. The Bertz CT molecular complexity index is 893. The Hall–Kier alpha value is -1.65. The van der Waals surface area contributed by atoms with Crippen molar-refractivity contribution in [2.75, 3.05) is 6.61 Å². The van der Waals surface area contributed by atoms with E-state index in [1.165, 1.54) is 199 Å². The molecule has 0 heterocycles. The van der Waals surface area contributed by atoms with Gasteiger partial charge in [0.05, 0.1) is 18.8 Å². The highest BCUT2D eigenvalue weighted by Crippen LogP contribution is 2.16. The molecule has 2 atom stereocenters. The Morgan fingerprint density at radius 2 is 0.732 bits per heavy atom. The number of amides is 1. The van der Waals surface area contributed by atoms with Gasteiger partial charge in [-0.25, -0.2) is 0 Å². The molecule has 328 valence electrons. The normalized spacial score (nSPS) is 13.3. The predicted octanol–water partition coefficient (Wildman–Crippen LogP) is 15.9.